The van der Waals surface area contributed by atoms with E-state index < -0.39 is 0 Å². The molecule has 142 valence electrons. The van der Waals surface area contributed by atoms with Gasteiger partial charge in [-0.1, -0.05) is 24.3 Å². The Balaban J connectivity index is 1.59. The molecule has 0 saturated heterocycles. The first-order valence-corrected chi connectivity index (χ1v) is 9.08. The molecule has 2 aromatic rings. The van der Waals surface area contributed by atoms with Crippen LogP contribution in [-0.4, -0.2) is 43.0 Å². The number of anilines is 1. The number of rotatable bonds is 6. The van der Waals surface area contributed by atoms with Crippen molar-refractivity contribution in [2.75, 3.05) is 31.6 Å². The largest absolute Gasteiger partial charge is 0.486 e. The molecule has 1 N–H and O–H groups in total. The van der Waals surface area contributed by atoms with Crippen molar-refractivity contribution in [1.29, 1.82) is 0 Å². The van der Waals surface area contributed by atoms with Crippen LogP contribution < -0.4 is 14.8 Å². The van der Waals surface area contributed by atoms with Gasteiger partial charge in [-0.05, 0) is 37.1 Å². The van der Waals surface area contributed by atoms with Gasteiger partial charge in [0.15, 0.2) is 11.5 Å². The van der Waals surface area contributed by atoms with E-state index in [1.807, 2.05) is 38.1 Å². The number of fused-ring (bicyclic) bond motifs is 1. The number of hydrogen-bond donors (Lipinski definition) is 1. The van der Waals surface area contributed by atoms with Crippen LogP contribution in [0, 0.1) is 6.92 Å². The fraction of sp³-hybridized carbons (Fsp3) is 0.333. The molecule has 0 spiro atoms. The lowest BCUT2D eigenvalue weighted by Gasteiger charge is -2.22. The lowest BCUT2D eigenvalue weighted by molar-refractivity contribution is -0.133. The van der Waals surface area contributed by atoms with Crippen molar-refractivity contribution in [2.45, 2.75) is 20.3 Å². The quantitative estimate of drug-likeness (QED) is 0.851. The Hall–Kier alpha value is -3.02. The van der Waals surface area contributed by atoms with Crippen molar-refractivity contribution in [2.24, 2.45) is 0 Å². The molecule has 27 heavy (non-hydrogen) atoms. The minimum atomic E-state index is -0.244. The number of nitrogens with one attached hydrogen (secondary N) is 1. The molecule has 0 aliphatic carbocycles. The summed E-state index contributed by atoms with van der Waals surface area (Å²) in [6.07, 6.45) is 0.290. The van der Waals surface area contributed by atoms with Gasteiger partial charge >= 0.3 is 0 Å². The highest BCUT2D eigenvalue weighted by atomic mass is 16.6. The highest BCUT2D eigenvalue weighted by molar-refractivity contribution is 5.95. The molecule has 2 aromatic carbocycles. The minimum Gasteiger partial charge on any atom is -0.486 e. The van der Waals surface area contributed by atoms with Crippen LogP contribution >= 0.6 is 0 Å². The van der Waals surface area contributed by atoms with Crippen molar-refractivity contribution < 1.29 is 19.1 Å². The zero-order valence-electron chi connectivity index (χ0n) is 15.7. The molecule has 0 atom stereocenters. The Bertz CT molecular complexity index is 835. The van der Waals surface area contributed by atoms with Crippen LogP contribution in [0.2, 0.25) is 0 Å². The van der Waals surface area contributed by atoms with E-state index >= 15 is 0 Å². The van der Waals surface area contributed by atoms with E-state index in [4.69, 9.17) is 9.47 Å². The second-order valence-electron chi connectivity index (χ2n) is 6.42. The molecular weight excluding hydrogens is 344 g/mol. The van der Waals surface area contributed by atoms with E-state index in [9.17, 15) is 9.59 Å². The summed E-state index contributed by atoms with van der Waals surface area (Å²) in [7, 11) is 0. The Morgan fingerprint density at radius 1 is 1.07 bits per heavy atom. The summed E-state index contributed by atoms with van der Waals surface area (Å²) in [4.78, 5) is 26.5. The first kappa shape index (κ1) is 18.8. The number of hydrogen-bond acceptors (Lipinski definition) is 4. The van der Waals surface area contributed by atoms with E-state index in [1.54, 1.807) is 23.1 Å². The molecule has 0 bridgehead atoms. The molecule has 0 unspecified atom stereocenters. The van der Waals surface area contributed by atoms with Crippen molar-refractivity contribution in [3.63, 3.8) is 0 Å². The molecule has 0 aromatic heterocycles. The molecule has 1 heterocycles. The van der Waals surface area contributed by atoms with Gasteiger partial charge in [0.1, 0.15) is 13.2 Å². The number of carbonyl (C=O) groups is 2. The third-order valence-corrected chi connectivity index (χ3v) is 4.50. The summed E-state index contributed by atoms with van der Waals surface area (Å²) >= 11 is 0. The fourth-order valence-corrected chi connectivity index (χ4v) is 2.95. The van der Waals surface area contributed by atoms with Crippen molar-refractivity contribution in [3.8, 4) is 11.5 Å². The van der Waals surface area contributed by atoms with Crippen molar-refractivity contribution >= 4 is 17.5 Å². The maximum Gasteiger partial charge on any atom is 0.243 e. The predicted octanol–water partition coefficient (Wildman–Crippen LogP) is 2.80. The third kappa shape index (κ3) is 4.78. The molecule has 2 amide bonds. The SMILES string of the molecule is CCN(CC(=O)Nc1ccc2c(c1)OCCO2)C(=O)Cc1ccccc1C. The number of likely N-dealkylation sites (N-methyl/N-ethyl adjacent to an activating group) is 1. The molecule has 1 aliphatic rings. The third-order valence-electron chi connectivity index (χ3n) is 4.50. The number of carbonyl (C=O) groups excluding carboxylic acids is 2. The fourth-order valence-electron chi connectivity index (χ4n) is 2.95. The monoisotopic (exact) mass is 368 g/mol. The topological polar surface area (TPSA) is 67.9 Å². The summed E-state index contributed by atoms with van der Waals surface area (Å²) in [5.74, 6) is 0.973. The first-order chi connectivity index (χ1) is 13.1. The van der Waals surface area contributed by atoms with Crippen LogP contribution in [0.5, 0.6) is 11.5 Å². The van der Waals surface area contributed by atoms with Gasteiger partial charge in [-0.2, -0.15) is 0 Å². The average molecular weight is 368 g/mol. The van der Waals surface area contributed by atoms with E-state index in [0.717, 1.165) is 11.1 Å². The Morgan fingerprint density at radius 2 is 1.81 bits per heavy atom. The van der Waals surface area contributed by atoms with E-state index in [2.05, 4.69) is 5.32 Å². The maximum absolute atomic E-state index is 12.6. The standard InChI is InChI=1S/C21H24N2O4/c1-3-23(21(25)12-16-7-5-4-6-15(16)2)14-20(24)22-17-8-9-18-19(13-17)27-11-10-26-18/h4-9,13H,3,10-12,14H2,1-2H3,(H,22,24). The molecule has 0 saturated carbocycles. The Kier molecular flexibility index (Phi) is 5.96. The Labute approximate surface area is 159 Å². The highest BCUT2D eigenvalue weighted by Crippen LogP contribution is 2.32. The first-order valence-electron chi connectivity index (χ1n) is 9.08. The van der Waals surface area contributed by atoms with Crippen LogP contribution in [0.25, 0.3) is 0 Å². The summed E-state index contributed by atoms with van der Waals surface area (Å²) in [6, 6.07) is 13.0. The zero-order chi connectivity index (χ0) is 19.2. The van der Waals surface area contributed by atoms with Gasteiger partial charge < -0.3 is 19.7 Å². The molecule has 6 heteroatoms. The van der Waals surface area contributed by atoms with Gasteiger partial charge in [0, 0.05) is 18.3 Å². The second kappa shape index (κ2) is 8.58. The van der Waals surface area contributed by atoms with Crippen LogP contribution in [0.15, 0.2) is 42.5 Å². The average Bonchev–Trinajstić information content (AvgIpc) is 2.67. The number of amides is 2. The smallest absolute Gasteiger partial charge is 0.243 e. The van der Waals surface area contributed by atoms with E-state index in [1.165, 1.54) is 0 Å². The van der Waals surface area contributed by atoms with E-state index in [-0.39, 0.29) is 24.8 Å². The molecule has 3 rings (SSSR count). The molecular formula is C21H24N2O4. The van der Waals surface area contributed by atoms with Crippen LogP contribution in [0.1, 0.15) is 18.1 Å². The van der Waals surface area contributed by atoms with Crippen LogP contribution in [0.3, 0.4) is 0 Å². The van der Waals surface area contributed by atoms with Gasteiger partial charge in [-0.15, -0.1) is 0 Å². The summed E-state index contributed by atoms with van der Waals surface area (Å²) < 4.78 is 11.0. The number of aryl methyl sites for hydroxylation is 1. The molecule has 1 aliphatic heterocycles. The second-order valence-corrected chi connectivity index (χ2v) is 6.42. The van der Waals surface area contributed by atoms with Crippen LogP contribution in [-0.2, 0) is 16.0 Å². The molecule has 0 fully saturated rings. The zero-order valence-corrected chi connectivity index (χ0v) is 15.7. The Morgan fingerprint density at radius 3 is 2.56 bits per heavy atom. The normalized spacial score (nSPS) is 12.4. The van der Waals surface area contributed by atoms with Crippen LogP contribution in [0.4, 0.5) is 5.69 Å². The van der Waals surface area contributed by atoms with Gasteiger partial charge in [0.05, 0.1) is 13.0 Å². The van der Waals surface area contributed by atoms with Gasteiger partial charge in [-0.25, -0.2) is 0 Å². The molecule has 6 nitrogen and oxygen atoms in total. The maximum atomic E-state index is 12.6. The highest BCUT2D eigenvalue weighted by Gasteiger charge is 2.18. The van der Waals surface area contributed by atoms with Crippen molar-refractivity contribution in [3.05, 3.63) is 53.6 Å². The van der Waals surface area contributed by atoms with Gasteiger partial charge in [-0.3, -0.25) is 9.59 Å². The molecule has 0 radical (unpaired) electrons. The lowest BCUT2D eigenvalue weighted by atomic mass is 10.1. The van der Waals surface area contributed by atoms with Gasteiger partial charge in [0.25, 0.3) is 0 Å². The number of benzene rings is 2. The summed E-state index contributed by atoms with van der Waals surface area (Å²) in [5.41, 5.74) is 2.67. The van der Waals surface area contributed by atoms with Crippen molar-refractivity contribution in [1.82, 2.24) is 4.90 Å². The van der Waals surface area contributed by atoms with Gasteiger partial charge in [0.2, 0.25) is 11.8 Å². The lowest BCUT2D eigenvalue weighted by Crippen LogP contribution is -2.38. The minimum absolute atomic E-state index is 0.00958. The summed E-state index contributed by atoms with van der Waals surface area (Å²) in [6.45, 7) is 5.34. The van der Waals surface area contributed by atoms with E-state index in [0.29, 0.717) is 36.9 Å². The number of nitrogens with zero attached hydrogens (tertiary/aromatic N) is 1. The predicted molar refractivity (Wildman–Crippen MR) is 103 cm³/mol. The number of ether oxygens (including phenoxy) is 2. The summed E-state index contributed by atoms with van der Waals surface area (Å²) in [5, 5.41) is 2.82.